The summed E-state index contributed by atoms with van der Waals surface area (Å²) in [6.07, 6.45) is 7.19. The summed E-state index contributed by atoms with van der Waals surface area (Å²) in [5.74, 6) is -0.0835. The Kier molecular flexibility index (Phi) is 17.0. The first-order chi connectivity index (χ1) is 32.5. The summed E-state index contributed by atoms with van der Waals surface area (Å²) in [6, 6.07) is 48.7. The fourth-order valence-corrected chi connectivity index (χ4v) is 8.89. The third-order valence-corrected chi connectivity index (χ3v) is 12.1. The van der Waals surface area contributed by atoms with Crippen LogP contribution in [-0.4, -0.2) is 118 Å². The minimum atomic E-state index is -0.732. The Morgan fingerprint density at radius 1 is 0.537 bits per heavy atom. The van der Waals surface area contributed by atoms with Gasteiger partial charge in [-0.3, -0.25) is 29.4 Å². The second-order valence-electron chi connectivity index (χ2n) is 18.1. The molecule has 6 aromatic rings. The largest absolute Gasteiger partial charge is 0.444 e. The van der Waals surface area contributed by atoms with E-state index in [-0.39, 0.29) is 23.9 Å². The van der Waals surface area contributed by atoms with Crippen molar-refractivity contribution in [2.24, 2.45) is 5.73 Å². The van der Waals surface area contributed by atoms with Gasteiger partial charge in [-0.05, 0) is 72.7 Å². The number of aromatic nitrogens is 2. The molecule has 2 aliphatic heterocycles. The smallest absolute Gasteiger partial charge is 0.408 e. The van der Waals surface area contributed by atoms with Crippen LogP contribution in [-0.2, 0) is 27.2 Å². The summed E-state index contributed by atoms with van der Waals surface area (Å²) >= 11 is 0. The highest BCUT2D eigenvalue weighted by atomic mass is 16.6. The number of rotatable bonds is 13. The van der Waals surface area contributed by atoms with Crippen LogP contribution in [0.25, 0.3) is 0 Å². The molecule has 2 saturated heterocycles. The minimum Gasteiger partial charge on any atom is -0.444 e. The van der Waals surface area contributed by atoms with Crippen LogP contribution in [0.1, 0.15) is 66.2 Å². The number of nitrogens with one attached hydrogen (secondary N) is 1. The molecule has 3 N–H and O–H groups in total. The number of nitrogens with two attached hydrogens (primary N) is 1. The van der Waals surface area contributed by atoms with Gasteiger partial charge < -0.3 is 25.6 Å². The minimum absolute atomic E-state index is 0.0227. The fraction of sp³-hybridized carbons (Fsp3) is 0.327. The molecular formula is C55H64N8O4. The first kappa shape index (κ1) is 48.2. The summed E-state index contributed by atoms with van der Waals surface area (Å²) in [6.45, 7) is 11.0. The number of benzene rings is 4. The monoisotopic (exact) mass is 901 g/mol. The molecule has 0 radical (unpaired) electrons. The van der Waals surface area contributed by atoms with Crippen molar-refractivity contribution >= 4 is 17.9 Å². The number of hydrogen-bond acceptors (Lipinski definition) is 9. The zero-order valence-corrected chi connectivity index (χ0v) is 38.9. The van der Waals surface area contributed by atoms with E-state index in [1.807, 2.05) is 58.3 Å². The third kappa shape index (κ3) is 13.9. The Bertz CT molecular complexity index is 2330. The number of pyridine rings is 2. The van der Waals surface area contributed by atoms with Gasteiger partial charge in [0, 0.05) is 83.6 Å². The van der Waals surface area contributed by atoms with Crippen LogP contribution in [0.3, 0.4) is 0 Å². The second kappa shape index (κ2) is 23.6. The van der Waals surface area contributed by atoms with Crippen molar-refractivity contribution in [3.8, 4) is 0 Å². The molecule has 2 fully saturated rings. The molecule has 0 spiro atoms. The Balaban J connectivity index is 0.000000203. The molecule has 0 unspecified atom stereocenters. The van der Waals surface area contributed by atoms with Crippen molar-refractivity contribution < 1.29 is 19.1 Å². The van der Waals surface area contributed by atoms with Crippen molar-refractivity contribution in [3.05, 3.63) is 204 Å². The van der Waals surface area contributed by atoms with E-state index in [0.29, 0.717) is 39.0 Å². The van der Waals surface area contributed by atoms with Crippen LogP contribution in [0.15, 0.2) is 170 Å². The maximum Gasteiger partial charge on any atom is 0.408 e. The lowest BCUT2D eigenvalue weighted by molar-refractivity contribution is -0.135. The number of ether oxygens (including phenoxy) is 1. The highest BCUT2D eigenvalue weighted by Crippen LogP contribution is 2.31. The van der Waals surface area contributed by atoms with Crippen molar-refractivity contribution in [1.82, 2.24) is 34.9 Å². The van der Waals surface area contributed by atoms with E-state index in [2.05, 4.69) is 122 Å². The van der Waals surface area contributed by atoms with Gasteiger partial charge in [-0.25, -0.2) is 4.79 Å². The predicted molar refractivity (Wildman–Crippen MR) is 263 cm³/mol. The number of piperazine rings is 2. The lowest BCUT2D eigenvalue weighted by Gasteiger charge is -2.40. The van der Waals surface area contributed by atoms with E-state index in [0.717, 1.165) is 37.3 Å². The Morgan fingerprint density at radius 2 is 0.910 bits per heavy atom. The third-order valence-electron chi connectivity index (χ3n) is 12.1. The molecule has 2 aromatic heterocycles. The van der Waals surface area contributed by atoms with Gasteiger partial charge in [0.2, 0.25) is 11.8 Å². The number of carbonyl (C=O) groups excluding carboxylic acids is 3. The Hall–Kier alpha value is -6.73. The fourth-order valence-electron chi connectivity index (χ4n) is 8.89. The predicted octanol–water partition coefficient (Wildman–Crippen LogP) is 7.34. The number of nitrogens with zero attached hydrogens (tertiary/aromatic N) is 6. The highest BCUT2D eigenvalue weighted by molar-refractivity contribution is 5.86. The van der Waals surface area contributed by atoms with E-state index in [9.17, 15) is 14.4 Å². The van der Waals surface area contributed by atoms with Crippen LogP contribution < -0.4 is 11.1 Å². The summed E-state index contributed by atoms with van der Waals surface area (Å²) in [5, 5.41) is 2.81. The van der Waals surface area contributed by atoms with Crippen LogP contribution in [0, 0.1) is 0 Å². The van der Waals surface area contributed by atoms with Gasteiger partial charge in [0.05, 0.1) is 18.1 Å². The van der Waals surface area contributed by atoms with Gasteiger partial charge in [0.15, 0.2) is 0 Å². The molecule has 12 nitrogen and oxygen atoms in total. The lowest BCUT2D eigenvalue weighted by atomic mass is 9.96. The van der Waals surface area contributed by atoms with Crippen LogP contribution >= 0.6 is 0 Å². The van der Waals surface area contributed by atoms with E-state index in [1.165, 1.54) is 22.3 Å². The molecular weight excluding hydrogens is 837 g/mol. The molecule has 0 bridgehead atoms. The molecule has 4 heterocycles. The van der Waals surface area contributed by atoms with Crippen LogP contribution in [0.4, 0.5) is 4.79 Å². The van der Waals surface area contributed by atoms with E-state index in [1.54, 1.807) is 45.6 Å². The normalized spacial score (nSPS) is 15.6. The summed E-state index contributed by atoms with van der Waals surface area (Å²) < 4.78 is 5.45. The number of carbonyl (C=O) groups is 3. The van der Waals surface area contributed by atoms with Gasteiger partial charge in [-0.15, -0.1) is 0 Å². The lowest BCUT2D eigenvalue weighted by Crippen LogP contribution is -2.56. The molecule has 67 heavy (non-hydrogen) atoms. The van der Waals surface area contributed by atoms with Gasteiger partial charge in [-0.2, -0.15) is 0 Å². The summed E-state index contributed by atoms with van der Waals surface area (Å²) in [5.41, 5.74) is 12.5. The van der Waals surface area contributed by atoms with Crippen molar-refractivity contribution in [2.45, 2.75) is 63.4 Å². The second-order valence-corrected chi connectivity index (χ2v) is 18.1. The summed E-state index contributed by atoms with van der Waals surface area (Å²) in [7, 11) is 0. The number of hydrogen-bond donors (Lipinski definition) is 2. The quantitative estimate of drug-likeness (QED) is 0.122. The van der Waals surface area contributed by atoms with Crippen LogP contribution in [0.2, 0.25) is 0 Å². The van der Waals surface area contributed by atoms with Crippen molar-refractivity contribution in [2.75, 3.05) is 52.4 Å². The SMILES string of the molecule is CC(C)(C)OC(=O)N[C@@H](Cc1cccnc1)C(=O)N1CCN(C(c2ccccc2)c2ccccc2)CC1.N[C@@H](Cc1cccnc1)C(=O)N1CCN(C(c2ccccc2)c2ccccc2)CC1. The molecule has 348 valence electrons. The molecule has 12 heteroatoms. The number of amides is 3. The first-order valence-corrected chi connectivity index (χ1v) is 23.3. The molecule has 8 rings (SSSR count). The van der Waals surface area contributed by atoms with Crippen molar-refractivity contribution in [1.29, 1.82) is 0 Å². The molecule has 0 aliphatic carbocycles. The zero-order valence-electron chi connectivity index (χ0n) is 38.9. The molecule has 4 aromatic carbocycles. The maximum absolute atomic E-state index is 13.6. The van der Waals surface area contributed by atoms with E-state index < -0.39 is 23.8 Å². The first-order valence-electron chi connectivity index (χ1n) is 23.3. The summed E-state index contributed by atoms with van der Waals surface area (Å²) in [4.78, 5) is 56.0. The standard InChI is InChI=1S/C30H36N4O3.C25H28N4O/c1-30(2,3)37-29(36)32-26(21-23-11-10-16-31-22-23)28(35)34-19-17-33(18-20-34)27(24-12-6-4-7-13-24)25-14-8-5-9-15-25;26-23(18-20-8-7-13-27-19-20)25(30)29-16-14-28(15-17-29)24(21-9-3-1-4-10-21)22-11-5-2-6-12-22/h4-16,22,26-27H,17-21H2,1-3H3,(H,32,36);1-13,19,23-24H,14-18,26H2/t26-;23-/m00/s1. The van der Waals surface area contributed by atoms with Gasteiger partial charge in [-0.1, -0.05) is 133 Å². The maximum atomic E-state index is 13.6. The van der Waals surface area contributed by atoms with Crippen molar-refractivity contribution in [3.63, 3.8) is 0 Å². The van der Waals surface area contributed by atoms with E-state index >= 15 is 0 Å². The average molecular weight is 901 g/mol. The van der Waals surface area contributed by atoms with Gasteiger partial charge in [0.25, 0.3) is 0 Å². The van der Waals surface area contributed by atoms with Crippen LogP contribution in [0.5, 0.6) is 0 Å². The molecule has 2 atom stereocenters. The Morgan fingerprint density at radius 3 is 1.27 bits per heavy atom. The highest BCUT2D eigenvalue weighted by Gasteiger charge is 2.34. The average Bonchev–Trinajstić information content (AvgIpc) is 3.35. The molecule has 0 saturated carbocycles. The van der Waals surface area contributed by atoms with Gasteiger partial charge >= 0.3 is 6.09 Å². The number of alkyl carbamates (subject to hydrolysis) is 1. The van der Waals surface area contributed by atoms with Gasteiger partial charge in [0.1, 0.15) is 11.6 Å². The van der Waals surface area contributed by atoms with E-state index in [4.69, 9.17) is 10.5 Å². The zero-order chi connectivity index (χ0) is 47.0. The molecule has 3 amide bonds. The molecule has 2 aliphatic rings. The topological polar surface area (TPSA) is 137 Å². The Labute approximate surface area is 395 Å².